The van der Waals surface area contributed by atoms with Crippen LogP contribution in [0, 0.1) is 0 Å². The first-order valence-electron chi connectivity index (χ1n) is 7.79. The van der Waals surface area contributed by atoms with Gasteiger partial charge in [-0.05, 0) is 28.8 Å². The summed E-state index contributed by atoms with van der Waals surface area (Å²) in [6, 6.07) is 28.4. The molecular formula is C21H20O2. The summed E-state index contributed by atoms with van der Waals surface area (Å²) in [5.41, 5.74) is 3.37. The number of hydrogen-bond donors (Lipinski definition) is 1. The minimum Gasteiger partial charge on any atom is -0.493 e. The van der Waals surface area contributed by atoms with E-state index in [1.54, 1.807) is 0 Å². The van der Waals surface area contributed by atoms with Crippen molar-refractivity contribution in [3.05, 3.63) is 102 Å². The molecule has 0 aliphatic carbocycles. The maximum absolute atomic E-state index is 9.10. The van der Waals surface area contributed by atoms with E-state index in [9.17, 15) is 0 Å². The van der Waals surface area contributed by atoms with Gasteiger partial charge in [-0.3, -0.25) is 0 Å². The molecule has 3 aromatic carbocycles. The highest BCUT2D eigenvalue weighted by Gasteiger charge is 2.14. The van der Waals surface area contributed by atoms with Crippen LogP contribution in [-0.2, 0) is 6.61 Å². The molecule has 0 saturated heterocycles. The van der Waals surface area contributed by atoms with Crippen LogP contribution in [0.1, 0.15) is 22.6 Å². The summed E-state index contributed by atoms with van der Waals surface area (Å²) in [6.07, 6.45) is 0. The van der Waals surface area contributed by atoms with Crippen LogP contribution >= 0.6 is 0 Å². The summed E-state index contributed by atoms with van der Waals surface area (Å²) in [7, 11) is 0. The molecule has 0 amide bonds. The third-order valence-corrected chi connectivity index (χ3v) is 3.93. The van der Waals surface area contributed by atoms with Crippen LogP contribution in [0.15, 0.2) is 84.9 Å². The van der Waals surface area contributed by atoms with Crippen LogP contribution in [0.2, 0.25) is 0 Å². The fourth-order valence-electron chi connectivity index (χ4n) is 2.63. The Morgan fingerprint density at radius 1 is 0.696 bits per heavy atom. The summed E-state index contributed by atoms with van der Waals surface area (Å²) in [6.45, 7) is 0.628. The Kier molecular flexibility index (Phi) is 5.07. The van der Waals surface area contributed by atoms with Gasteiger partial charge in [0.2, 0.25) is 0 Å². The molecule has 3 rings (SSSR count). The zero-order valence-corrected chi connectivity index (χ0v) is 12.9. The Balaban J connectivity index is 1.79. The number of rotatable bonds is 6. The van der Waals surface area contributed by atoms with Gasteiger partial charge in [-0.2, -0.15) is 0 Å². The fraction of sp³-hybridized carbons (Fsp3) is 0.143. The molecule has 0 bridgehead atoms. The van der Waals surface area contributed by atoms with Gasteiger partial charge in [0, 0.05) is 5.92 Å². The molecule has 2 nitrogen and oxygen atoms in total. The number of aliphatic hydroxyl groups excluding tert-OH is 1. The van der Waals surface area contributed by atoms with Crippen molar-refractivity contribution in [2.24, 2.45) is 0 Å². The topological polar surface area (TPSA) is 29.5 Å². The number of benzene rings is 3. The predicted molar refractivity (Wildman–Crippen MR) is 92.6 cm³/mol. The predicted octanol–water partition coefficient (Wildman–Crippen LogP) is 4.39. The minimum atomic E-state index is 0.0525. The standard InChI is InChI=1S/C21H20O2/c22-15-17-11-13-20(14-12-17)23-16-21(18-7-3-1-4-8-18)19-9-5-2-6-10-19/h1-14,21-22H,15-16H2. The molecule has 0 aliphatic rings. The van der Waals surface area contributed by atoms with Gasteiger partial charge in [-0.15, -0.1) is 0 Å². The molecule has 3 aromatic rings. The molecule has 0 fully saturated rings. The van der Waals surface area contributed by atoms with Crippen molar-refractivity contribution in [3.8, 4) is 5.75 Å². The van der Waals surface area contributed by atoms with Crippen LogP contribution in [0.3, 0.4) is 0 Å². The summed E-state index contributed by atoms with van der Waals surface area (Å²) < 4.78 is 5.99. The van der Waals surface area contributed by atoms with Crippen molar-refractivity contribution in [1.29, 1.82) is 0 Å². The third-order valence-electron chi connectivity index (χ3n) is 3.93. The van der Waals surface area contributed by atoms with Gasteiger partial charge < -0.3 is 9.84 Å². The highest BCUT2D eigenvalue weighted by Crippen LogP contribution is 2.26. The molecule has 0 aliphatic heterocycles. The average molecular weight is 304 g/mol. The second kappa shape index (κ2) is 7.61. The van der Waals surface area contributed by atoms with E-state index in [1.165, 1.54) is 11.1 Å². The summed E-state index contributed by atoms with van der Waals surface area (Å²) in [4.78, 5) is 0. The van der Waals surface area contributed by atoms with Crippen molar-refractivity contribution < 1.29 is 9.84 Å². The molecule has 2 heteroatoms. The molecule has 0 unspecified atom stereocenters. The molecule has 0 radical (unpaired) electrons. The number of aliphatic hydroxyl groups is 1. The molecule has 1 N–H and O–H groups in total. The first-order chi connectivity index (χ1) is 11.4. The Morgan fingerprint density at radius 2 is 1.22 bits per heavy atom. The van der Waals surface area contributed by atoms with Crippen LogP contribution in [0.25, 0.3) is 0 Å². The molecule has 0 saturated carbocycles. The molecule has 0 aromatic heterocycles. The van der Waals surface area contributed by atoms with Crippen molar-refractivity contribution in [3.63, 3.8) is 0 Å². The first-order valence-corrected chi connectivity index (χ1v) is 7.79. The lowest BCUT2D eigenvalue weighted by molar-refractivity contribution is 0.280. The molecule has 0 heterocycles. The van der Waals surface area contributed by atoms with Crippen molar-refractivity contribution >= 4 is 0 Å². The van der Waals surface area contributed by atoms with Crippen molar-refractivity contribution in [1.82, 2.24) is 0 Å². The van der Waals surface area contributed by atoms with E-state index >= 15 is 0 Å². The van der Waals surface area contributed by atoms with Crippen LogP contribution in [-0.4, -0.2) is 11.7 Å². The number of ether oxygens (including phenoxy) is 1. The van der Waals surface area contributed by atoms with Gasteiger partial charge in [0.05, 0.1) is 13.2 Å². The SMILES string of the molecule is OCc1ccc(OCC(c2ccccc2)c2ccccc2)cc1. The lowest BCUT2D eigenvalue weighted by Gasteiger charge is -2.19. The minimum absolute atomic E-state index is 0.0525. The van der Waals surface area contributed by atoms with Crippen LogP contribution < -0.4 is 4.74 Å². The van der Waals surface area contributed by atoms with Gasteiger partial charge in [-0.1, -0.05) is 72.8 Å². The van der Waals surface area contributed by atoms with E-state index < -0.39 is 0 Å². The summed E-state index contributed by atoms with van der Waals surface area (Å²) in [5, 5.41) is 9.10. The Morgan fingerprint density at radius 3 is 1.70 bits per heavy atom. The second-order valence-corrected chi connectivity index (χ2v) is 5.49. The van der Waals surface area contributed by atoms with Gasteiger partial charge in [0.15, 0.2) is 0 Å². The van der Waals surface area contributed by atoms with Gasteiger partial charge in [0.25, 0.3) is 0 Å². The normalized spacial score (nSPS) is 10.7. The highest BCUT2D eigenvalue weighted by molar-refractivity contribution is 5.33. The average Bonchev–Trinajstić information content (AvgIpc) is 2.64. The number of hydrogen-bond acceptors (Lipinski definition) is 2. The van der Waals surface area contributed by atoms with E-state index in [-0.39, 0.29) is 12.5 Å². The zero-order chi connectivity index (χ0) is 15.9. The molecule has 116 valence electrons. The maximum atomic E-state index is 9.10. The van der Waals surface area contributed by atoms with E-state index in [4.69, 9.17) is 9.84 Å². The van der Waals surface area contributed by atoms with Gasteiger partial charge in [-0.25, -0.2) is 0 Å². The van der Waals surface area contributed by atoms with Gasteiger partial charge in [0.1, 0.15) is 5.75 Å². The summed E-state index contributed by atoms with van der Waals surface area (Å²) in [5.74, 6) is 1.01. The smallest absolute Gasteiger partial charge is 0.119 e. The van der Waals surface area contributed by atoms with Crippen LogP contribution in [0.5, 0.6) is 5.75 Å². The van der Waals surface area contributed by atoms with Crippen molar-refractivity contribution in [2.75, 3.05) is 6.61 Å². The Labute approximate surface area is 137 Å². The second-order valence-electron chi connectivity index (χ2n) is 5.49. The van der Waals surface area contributed by atoms with E-state index in [1.807, 2.05) is 36.4 Å². The largest absolute Gasteiger partial charge is 0.493 e. The molecule has 0 atom stereocenters. The van der Waals surface area contributed by atoms with E-state index in [0.717, 1.165) is 11.3 Å². The van der Waals surface area contributed by atoms with Gasteiger partial charge >= 0.3 is 0 Å². The lowest BCUT2D eigenvalue weighted by atomic mass is 9.92. The highest BCUT2D eigenvalue weighted by atomic mass is 16.5. The molecule has 23 heavy (non-hydrogen) atoms. The monoisotopic (exact) mass is 304 g/mol. The van der Waals surface area contributed by atoms with E-state index in [2.05, 4.69) is 48.5 Å². The molecule has 0 spiro atoms. The van der Waals surface area contributed by atoms with Crippen LogP contribution in [0.4, 0.5) is 0 Å². The zero-order valence-electron chi connectivity index (χ0n) is 12.9. The summed E-state index contributed by atoms with van der Waals surface area (Å²) >= 11 is 0. The Bertz CT molecular complexity index is 666. The van der Waals surface area contributed by atoms with E-state index in [0.29, 0.717) is 6.61 Å². The molecular weight excluding hydrogens is 284 g/mol. The van der Waals surface area contributed by atoms with Crippen molar-refractivity contribution in [2.45, 2.75) is 12.5 Å². The maximum Gasteiger partial charge on any atom is 0.119 e. The first kappa shape index (κ1) is 15.3. The lowest BCUT2D eigenvalue weighted by Crippen LogP contribution is -2.12. The Hall–Kier alpha value is -2.58. The quantitative estimate of drug-likeness (QED) is 0.732. The fourth-order valence-corrected chi connectivity index (χ4v) is 2.63. The third kappa shape index (κ3) is 3.99.